The van der Waals surface area contributed by atoms with Crippen molar-refractivity contribution in [1.29, 1.82) is 0 Å². The summed E-state index contributed by atoms with van der Waals surface area (Å²) >= 11 is 0. The number of hydrogen-bond donors (Lipinski definition) is 2. The fourth-order valence-corrected chi connectivity index (χ4v) is 3.69. The molecule has 6 nitrogen and oxygen atoms in total. The largest absolute Gasteiger partial charge is 0.346 e. The number of aromatic nitrogens is 2. The molecule has 1 saturated heterocycles. The highest BCUT2D eigenvalue weighted by Gasteiger charge is 2.29. The van der Waals surface area contributed by atoms with Crippen molar-refractivity contribution in [2.75, 3.05) is 16.8 Å². The number of nitrogens with one attached hydrogen (secondary N) is 2. The first-order valence-electron chi connectivity index (χ1n) is 9.47. The lowest BCUT2D eigenvalue weighted by molar-refractivity contribution is 0.0966. The van der Waals surface area contributed by atoms with Gasteiger partial charge < -0.3 is 15.5 Å². The molecule has 1 unspecified atom stereocenters. The van der Waals surface area contributed by atoms with E-state index in [4.69, 9.17) is 9.97 Å². The lowest BCUT2D eigenvalue weighted by Crippen LogP contribution is -2.38. The molecule has 1 fully saturated rings. The molecule has 0 saturated carbocycles. The molecule has 0 radical (unpaired) electrons. The number of anilines is 3. The van der Waals surface area contributed by atoms with Crippen molar-refractivity contribution in [2.45, 2.75) is 52.1 Å². The molecule has 2 N–H and O–H groups in total. The fourth-order valence-electron chi connectivity index (χ4n) is 3.69. The summed E-state index contributed by atoms with van der Waals surface area (Å²) in [4.78, 5) is 24.0. The Kier molecular flexibility index (Phi) is 4.49. The minimum absolute atomic E-state index is 0.106. The molecule has 1 amide bonds. The number of benzene rings is 1. The summed E-state index contributed by atoms with van der Waals surface area (Å²) in [6, 6.07) is 8.67. The number of aryl methyl sites for hydroxylation is 1. The highest BCUT2D eigenvalue weighted by Crippen LogP contribution is 2.29. The van der Waals surface area contributed by atoms with Gasteiger partial charge in [0, 0.05) is 18.3 Å². The summed E-state index contributed by atoms with van der Waals surface area (Å²) in [6.45, 7) is 5.78. The lowest BCUT2D eigenvalue weighted by atomic mass is 10.0. The van der Waals surface area contributed by atoms with E-state index in [9.17, 15) is 4.79 Å². The Bertz CT molecular complexity index is 818. The van der Waals surface area contributed by atoms with Crippen LogP contribution in [0.15, 0.2) is 24.3 Å². The molecule has 2 aliphatic rings. The van der Waals surface area contributed by atoms with E-state index in [0.29, 0.717) is 24.0 Å². The molecule has 4 rings (SSSR count). The van der Waals surface area contributed by atoms with Crippen LogP contribution in [0.5, 0.6) is 0 Å². The molecule has 1 atom stereocenters. The molecule has 0 aliphatic carbocycles. The maximum absolute atomic E-state index is 12.3. The second-order valence-electron chi connectivity index (χ2n) is 7.09. The molecular weight excluding hydrogens is 326 g/mol. The zero-order chi connectivity index (χ0) is 18.1. The quantitative estimate of drug-likeness (QED) is 0.883. The lowest BCUT2D eigenvalue weighted by Gasteiger charge is -2.33. The molecule has 1 aromatic heterocycles. The van der Waals surface area contributed by atoms with E-state index in [1.54, 1.807) is 0 Å². The topological polar surface area (TPSA) is 70.2 Å². The van der Waals surface area contributed by atoms with Gasteiger partial charge in [-0.3, -0.25) is 4.79 Å². The fraction of sp³-hybridized carbons (Fsp3) is 0.450. The minimum atomic E-state index is -0.106. The molecule has 3 heterocycles. The van der Waals surface area contributed by atoms with Crippen LogP contribution >= 0.6 is 0 Å². The number of fused-ring (bicyclic) bond motifs is 1. The predicted molar refractivity (Wildman–Crippen MR) is 103 cm³/mol. The zero-order valence-corrected chi connectivity index (χ0v) is 15.4. The highest BCUT2D eigenvalue weighted by molar-refractivity contribution is 6.02. The molecule has 6 heteroatoms. The highest BCUT2D eigenvalue weighted by atomic mass is 16.2. The van der Waals surface area contributed by atoms with E-state index in [-0.39, 0.29) is 5.91 Å². The normalized spacial score (nSPS) is 19.2. The van der Waals surface area contributed by atoms with Crippen molar-refractivity contribution in [3.8, 4) is 0 Å². The first-order valence-corrected chi connectivity index (χ1v) is 9.47. The monoisotopic (exact) mass is 351 g/mol. The van der Waals surface area contributed by atoms with Crippen LogP contribution in [0.3, 0.4) is 0 Å². The third-order valence-electron chi connectivity index (χ3n) is 5.30. The number of rotatable bonds is 4. The number of amides is 1. The van der Waals surface area contributed by atoms with Crippen molar-refractivity contribution in [2.24, 2.45) is 0 Å². The van der Waals surface area contributed by atoms with Crippen LogP contribution in [0.25, 0.3) is 0 Å². The SMILES string of the molecule is CCc1ccc(Nc2nc(N3CCCCC3C)nc3c2C(=O)NC3)cc1. The van der Waals surface area contributed by atoms with Crippen LogP contribution in [0.2, 0.25) is 0 Å². The van der Waals surface area contributed by atoms with Crippen LogP contribution in [-0.2, 0) is 13.0 Å². The van der Waals surface area contributed by atoms with Crippen molar-refractivity contribution < 1.29 is 4.79 Å². The Morgan fingerprint density at radius 3 is 2.77 bits per heavy atom. The zero-order valence-electron chi connectivity index (χ0n) is 15.4. The Balaban J connectivity index is 1.70. The maximum atomic E-state index is 12.3. The van der Waals surface area contributed by atoms with Crippen molar-refractivity contribution in [1.82, 2.24) is 15.3 Å². The van der Waals surface area contributed by atoms with Gasteiger partial charge in [0.05, 0.1) is 12.2 Å². The summed E-state index contributed by atoms with van der Waals surface area (Å²) in [6.07, 6.45) is 4.56. The number of nitrogens with zero attached hydrogens (tertiary/aromatic N) is 3. The number of carbonyl (C=O) groups is 1. The van der Waals surface area contributed by atoms with Gasteiger partial charge in [-0.25, -0.2) is 4.98 Å². The van der Waals surface area contributed by atoms with Crippen LogP contribution < -0.4 is 15.5 Å². The smallest absolute Gasteiger partial charge is 0.257 e. The maximum Gasteiger partial charge on any atom is 0.257 e. The second-order valence-corrected chi connectivity index (χ2v) is 7.09. The third kappa shape index (κ3) is 3.11. The van der Waals surface area contributed by atoms with Gasteiger partial charge in [0.25, 0.3) is 5.91 Å². The predicted octanol–water partition coefficient (Wildman–Crippen LogP) is 3.40. The Labute approximate surface area is 154 Å². The molecule has 0 spiro atoms. The molecule has 1 aromatic carbocycles. The number of piperidine rings is 1. The third-order valence-corrected chi connectivity index (χ3v) is 5.30. The van der Waals surface area contributed by atoms with Gasteiger partial charge in [-0.1, -0.05) is 19.1 Å². The summed E-state index contributed by atoms with van der Waals surface area (Å²) in [5.74, 6) is 1.22. The second kappa shape index (κ2) is 6.94. The Morgan fingerprint density at radius 2 is 2.04 bits per heavy atom. The molecule has 2 aliphatic heterocycles. The Morgan fingerprint density at radius 1 is 1.23 bits per heavy atom. The average molecular weight is 351 g/mol. The average Bonchev–Trinajstić information content (AvgIpc) is 3.04. The van der Waals surface area contributed by atoms with Gasteiger partial charge in [-0.2, -0.15) is 4.98 Å². The van der Waals surface area contributed by atoms with Crippen LogP contribution in [0.1, 0.15) is 54.7 Å². The van der Waals surface area contributed by atoms with Crippen molar-refractivity contribution >= 4 is 23.4 Å². The molecule has 2 aromatic rings. The van der Waals surface area contributed by atoms with Crippen LogP contribution in [0, 0.1) is 0 Å². The summed E-state index contributed by atoms with van der Waals surface area (Å²) in [5.41, 5.74) is 3.56. The first kappa shape index (κ1) is 16.8. The number of hydrogen-bond acceptors (Lipinski definition) is 5. The molecule has 26 heavy (non-hydrogen) atoms. The van der Waals surface area contributed by atoms with Crippen LogP contribution in [0.4, 0.5) is 17.5 Å². The van der Waals surface area contributed by atoms with Gasteiger partial charge in [0.2, 0.25) is 5.95 Å². The van der Waals surface area contributed by atoms with Crippen molar-refractivity contribution in [3.63, 3.8) is 0 Å². The van der Waals surface area contributed by atoms with Gasteiger partial charge in [0.1, 0.15) is 11.4 Å². The van der Waals surface area contributed by atoms with Crippen LogP contribution in [-0.4, -0.2) is 28.5 Å². The van der Waals surface area contributed by atoms with E-state index in [1.165, 1.54) is 12.0 Å². The standard InChI is InChI=1S/C20H25N5O/c1-3-14-7-9-15(10-8-14)22-18-17-16(12-21-19(17)26)23-20(24-18)25-11-5-4-6-13(25)2/h7-10,13H,3-6,11-12H2,1-2H3,(H,21,26)(H,22,23,24). The van der Waals surface area contributed by atoms with E-state index >= 15 is 0 Å². The minimum Gasteiger partial charge on any atom is -0.346 e. The summed E-state index contributed by atoms with van der Waals surface area (Å²) in [5, 5.41) is 6.21. The molecular formula is C20H25N5O. The van der Waals surface area contributed by atoms with Gasteiger partial charge in [-0.15, -0.1) is 0 Å². The summed E-state index contributed by atoms with van der Waals surface area (Å²) in [7, 11) is 0. The Hall–Kier alpha value is -2.63. The molecule has 0 bridgehead atoms. The molecule has 136 valence electrons. The van der Waals surface area contributed by atoms with E-state index in [2.05, 4.69) is 41.5 Å². The van der Waals surface area contributed by atoms with Gasteiger partial charge in [-0.05, 0) is 50.3 Å². The summed E-state index contributed by atoms with van der Waals surface area (Å²) < 4.78 is 0. The van der Waals surface area contributed by atoms with Gasteiger partial charge >= 0.3 is 0 Å². The van der Waals surface area contributed by atoms with Gasteiger partial charge in [0.15, 0.2) is 0 Å². The van der Waals surface area contributed by atoms with E-state index in [1.807, 2.05) is 12.1 Å². The van der Waals surface area contributed by atoms with Crippen molar-refractivity contribution in [3.05, 3.63) is 41.1 Å². The van der Waals surface area contributed by atoms with E-state index in [0.717, 1.165) is 43.1 Å². The first-order chi connectivity index (χ1) is 12.7. The number of carbonyl (C=O) groups excluding carboxylic acids is 1. The van der Waals surface area contributed by atoms with E-state index < -0.39 is 0 Å².